The van der Waals surface area contributed by atoms with Gasteiger partial charge in [0.15, 0.2) is 11.7 Å². The molecule has 0 bridgehead atoms. The number of nitrogens with one attached hydrogen (secondary N) is 2. The second-order valence-electron chi connectivity index (χ2n) is 5.17. The first-order chi connectivity index (χ1) is 11.7. The van der Waals surface area contributed by atoms with Crippen LogP contribution in [0.2, 0.25) is 0 Å². The van der Waals surface area contributed by atoms with Crippen LogP contribution in [0.1, 0.15) is 0 Å². The molecule has 0 unspecified atom stereocenters. The molecule has 0 fully saturated rings. The van der Waals surface area contributed by atoms with E-state index in [1.165, 1.54) is 0 Å². The molecule has 0 atom stereocenters. The van der Waals surface area contributed by atoms with Crippen LogP contribution in [-0.4, -0.2) is 17.6 Å². The number of benzene rings is 3. The van der Waals surface area contributed by atoms with Gasteiger partial charge in [0, 0.05) is 5.69 Å². The van der Waals surface area contributed by atoms with E-state index in [-0.39, 0.29) is 17.6 Å². The van der Waals surface area contributed by atoms with Gasteiger partial charge in [0.2, 0.25) is 0 Å². The van der Waals surface area contributed by atoms with Crippen molar-refractivity contribution < 1.29 is 9.53 Å². The number of carbonyl (C=O) groups is 1. The molecule has 24 heavy (non-hydrogen) atoms. The van der Waals surface area contributed by atoms with E-state index in [0.29, 0.717) is 5.75 Å². The van der Waals surface area contributed by atoms with Crippen LogP contribution in [0.3, 0.4) is 0 Å². The Morgan fingerprint density at radius 2 is 1.62 bits per heavy atom. The van der Waals surface area contributed by atoms with Crippen molar-refractivity contribution >= 4 is 39.7 Å². The minimum Gasteiger partial charge on any atom is -0.484 e. The summed E-state index contributed by atoms with van der Waals surface area (Å²) in [6.45, 7) is -0.0937. The Kier molecular flexibility index (Phi) is 5.03. The van der Waals surface area contributed by atoms with E-state index in [9.17, 15) is 4.79 Å². The van der Waals surface area contributed by atoms with Crippen molar-refractivity contribution in [1.82, 2.24) is 5.32 Å². The van der Waals surface area contributed by atoms with E-state index in [0.717, 1.165) is 16.5 Å². The van der Waals surface area contributed by atoms with Crippen molar-refractivity contribution in [1.29, 1.82) is 0 Å². The normalized spacial score (nSPS) is 10.2. The Morgan fingerprint density at radius 3 is 2.42 bits per heavy atom. The number of thiocarbonyl (C=S) groups is 1. The molecule has 2 N–H and O–H groups in total. The number of ether oxygens (including phenoxy) is 1. The molecule has 0 spiro atoms. The SMILES string of the molecule is O=C(COc1ccccc1)NC(=S)Nc1ccc2ccccc2c1. The second kappa shape index (κ2) is 7.57. The fourth-order valence-corrected chi connectivity index (χ4v) is 2.49. The van der Waals surface area contributed by atoms with Crippen LogP contribution < -0.4 is 15.4 Å². The number of fused-ring (bicyclic) bond motifs is 1. The van der Waals surface area contributed by atoms with Crippen LogP contribution >= 0.6 is 12.2 Å². The highest BCUT2D eigenvalue weighted by Gasteiger charge is 2.06. The fraction of sp³-hybridized carbons (Fsp3) is 0.0526. The van der Waals surface area contributed by atoms with Gasteiger partial charge < -0.3 is 10.1 Å². The molecule has 0 aliphatic rings. The molecule has 0 radical (unpaired) electrons. The van der Waals surface area contributed by atoms with Gasteiger partial charge in [-0.05, 0) is 47.3 Å². The van der Waals surface area contributed by atoms with Gasteiger partial charge in [0.05, 0.1) is 0 Å². The van der Waals surface area contributed by atoms with Crippen LogP contribution in [0.15, 0.2) is 72.8 Å². The van der Waals surface area contributed by atoms with Crippen molar-refractivity contribution in [2.24, 2.45) is 0 Å². The van der Waals surface area contributed by atoms with E-state index >= 15 is 0 Å². The van der Waals surface area contributed by atoms with Crippen molar-refractivity contribution in [3.63, 3.8) is 0 Å². The molecular formula is C19H16N2O2S. The maximum atomic E-state index is 11.9. The van der Waals surface area contributed by atoms with Crippen molar-refractivity contribution in [2.45, 2.75) is 0 Å². The zero-order valence-corrected chi connectivity index (χ0v) is 13.7. The zero-order chi connectivity index (χ0) is 16.8. The smallest absolute Gasteiger partial charge is 0.264 e. The van der Waals surface area contributed by atoms with Crippen molar-refractivity contribution in [3.8, 4) is 5.75 Å². The molecule has 120 valence electrons. The highest BCUT2D eigenvalue weighted by atomic mass is 32.1. The van der Waals surface area contributed by atoms with Crippen LogP contribution in [0.4, 0.5) is 5.69 Å². The quantitative estimate of drug-likeness (QED) is 0.713. The molecule has 0 aromatic heterocycles. The summed E-state index contributed by atoms with van der Waals surface area (Å²) in [5.74, 6) is 0.332. The molecule has 5 heteroatoms. The van der Waals surface area contributed by atoms with Gasteiger partial charge in [-0.2, -0.15) is 0 Å². The summed E-state index contributed by atoms with van der Waals surface area (Å²) >= 11 is 5.17. The van der Waals surface area contributed by atoms with Gasteiger partial charge in [0.1, 0.15) is 5.75 Å². The van der Waals surface area contributed by atoms with Crippen LogP contribution in [0.5, 0.6) is 5.75 Å². The predicted molar refractivity (Wildman–Crippen MR) is 100 cm³/mol. The lowest BCUT2D eigenvalue weighted by molar-refractivity contribution is -0.121. The summed E-state index contributed by atoms with van der Waals surface area (Å²) < 4.78 is 5.38. The lowest BCUT2D eigenvalue weighted by Crippen LogP contribution is -2.37. The predicted octanol–water partition coefficient (Wildman–Crippen LogP) is 3.73. The van der Waals surface area contributed by atoms with E-state index < -0.39 is 0 Å². The van der Waals surface area contributed by atoms with Gasteiger partial charge in [0.25, 0.3) is 5.91 Å². The van der Waals surface area contributed by atoms with Crippen LogP contribution in [-0.2, 0) is 4.79 Å². The van der Waals surface area contributed by atoms with E-state index in [4.69, 9.17) is 17.0 Å². The van der Waals surface area contributed by atoms with E-state index in [2.05, 4.69) is 10.6 Å². The first-order valence-electron chi connectivity index (χ1n) is 7.48. The summed E-state index contributed by atoms with van der Waals surface area (Å²) in [6, 6.07) is 23.1. The molecule has 1 amide bonds. The van der Waals surface area contributed by atoms with Gasteiger partial charge in [-0.3, -0.25) is 10.1 Å². The molecule has 0 heterocycles. The zero-order valence-electron chi connectivity index (χ0n) is 12.9. The first kappa shape index (κ1) is 16.0. The summed E-state index contributed by atoms with van der Waals surface area (Å²) in [5.41, 5.74) is 0.822. The van der Waals surface area contributed by atoms with Crippen molar-refractivity contribution in [3.05, 3.63) is 72.8 Å². The van der Waals surface area contributed by atoms with Gasteiger partial charge in [-0.15, -0.1) is 0 Å². The molecule has 3 rings (SSSR count). The van der Waals surface area contributed by atoms with E-state index in [1.54, 1.807) is 12.1 Å². The molecule has 3 aromatic carbocycles. The topological polar surface area (TPSA) is 50.4 Å². The Bertz CT molecular complexity index is 865. The van der Waals surface area contributed by atoms with Gasteiger partial charge >= 0.3 is 0 Å². The van der Waals surface area contributed by atoms with Crippen molar-refractivity contribution in [2.75, 3.05) is 11.9 Å². The average molecular weight is 336 g/mol. The fourth-order valence-electron chi connectivity index (χ4n) is 2.26. The lowest BCUT2D eigenvalue weighted by Gasteiger charge is -2.11. The monoisotopic (exact) mass is 336 g/mol. The number of hydrogen-bond acceptors (Lipinski definition) is 3. The minimum absolute atomic E-state index is 0.0937. The standard InChI is InChI=1S/C19H16N2O2S/c22-18(13-23-17-8-2-1-3-9-17)21-19(24)20-16-11-10-14-6-4-5-7-15(14)12-16/h1-12H,13H2,(H2,20,21,22,24). The van der Waals surface area contributed by atoms with E-state index in [1.807, 2.05) is 60.7 Å². The highest BCUT2D eigenvalue weighted by Crippen LogP contribution is 2.18. The Labute approximate surface area is 145 Å². The summed E-state index contributed by atoms with van der Waals surface area (Å²) in [4.78, 5) is 11.9. The number of para-hydroxylation sites is 1. The number of carbonyl (C=O) groups excluding carboxylic acids is 1. The van der Waals surface area contributed by atoms with Gasteiger partial charge in [-0.25, -0.2) is 0 Å². The third-order valence-electron chi connectivity index (χ3n) is 3.37. The van der Waals surface area contributed by atoms with Crippen LogP contribution in [0.25, 0.3) is 10.8 Å². The third kappa shape index (κ3) is 4.30. The third-order valence-corrected chi connectivity index (χ3v) is 3.58. The Balaban J connectivity index is 1.53. The molecule has 3 aromatic rings. The van der Waals surface area contributed by atoms with Crippen LogP contribution in [0, 0.1) is 0 Å². The summed E-state index contributed by atoms with van der Waals surface area (Å²) in [5, 5.41) is 8.10. The number of anilines is 1. The molecular weight excluding hydrogens is 320 g/mol. The van der Waals surface area contributed by atoms with Gasteiger partial charge in [-0.1, -0.05) is 48.5 Å². The lowest BCUT2D eigenvalue weighted by atomic mass is 10.1. The minimum atomic E-state index is -0.308. The first-order valence-corrected chi connectivity index (χ1v) is 7.89. The molecule has 0 saturated carbocycles. The molecule has 0 aliphatic heterocycles. The number of amides is 1. The Hall–Kier alpha value is -2.92. The maximum Gasteiger partial charge on any atom is 0.264 e. The number of hydrogen-bond donors (Lipinski definition) is 2. The molecule has 0 saturated heterocycles. The highest BCUT2D eigenvalue weighted by molar-refractivity contribution is 7.80. The molecule has 0 aliphatic carbocycles. The molecule has 4 nitrogen and oxygen atoms in total. The summed E-state index contributed by atoms with van der Waals surface area (Å²) in [7, 11) is 0. The summed E-state index contributed by atoms with van der Waals surface area (Å²) in [6.07, 6.45) is 0. The maximum absolute atomic E-state index is 11.9. The Morgan fingerprint density at radius 1 is 0.917 bits per heavy atom. The largest absolute Gasteiger partial charge is 0.484 e. The average Bonchev–Trinajstić information content (AvgIpc) is 2.60. The number of rotatable bonds is 4. The second-order valence-corrected chi connectivity index (χ2v) is 5.57.